The molecule has 0 aromatic rings. The van der Waals surface area contributed by atoms with Crippen molar-refractivity contribution < 1.29 is 4.74 Å². The average Bonchev–Trinajstić information content (AvgIpc) is 1.99. The Morgan fingerprint density at radius 3 is 2.23 bits per heavy atom. The first-order valence-electron chi connectivity index (χ1n) is 5.45. The van der Waals surface area contributed by atoms with Gasteiger partial charge in [-0.1, -0.05) is 13.8 Å². The first-order chi connectivity index (χ1) is 6.08. The Morgan fingerprint density at radius 2 is 1.77 bits per heavy atom. The number of morpholine rings is 1. The molecule has 0 saturated carbocycles. The van der Waals surface area contributed by atoms with Crippen molar-refractivity contribution in [2.45, 2.75) is 46.3 Å². The Hall–Kier alpha value is -0.0800. The van der Waals surface area contributed by atoms with Gasteiger partial charge in [0.25, 0.3) is 0 Å². The van der Waals surface area contributed by atoms with Crippen molar-refractivity contribution in [1.29, 1.82) is 0 Å². The summed E-state index contributed by atoms with van der Waals surface area (Å²) in [6.45, 7) is 12.3. The molecule has 0 spiro atoms. The van der Waals surface area contributed by atoms with E-state index in [1.54, 1.807) is 0 Å². The fourth-order valence-corrected chi connectivity index (χ4v) is 1.91. The third-order valence-electron chi connectivity index (χ3n) is 2.52. The molecule has 0 bridgehead atoms. The van der Waals surface area contributed by atoms with Crippen LogP contribution in [0, 0.1) is 5.92 Å². The van der Waals surface area contributed by atoms with Crippen molar-refractivity contribution in [3.05, 3.63) is 0 Å². The third-order valence-corrected chi connectivity index (χ3v) is 2.52. The highest BCUT2D eigenvalue weighted by Gasteiger charge is 2.21. The summed E-state index contributed by atoms with van der Waals surface area (Å²) in [6.07, 6.45) is 2.13. The van der Waals surface area contributed by atoms with Gasteiger partial charge in [-0.3, -0.25) is 4.90 Å². The van der Waals surface area contributed by atoms with Crippen LogP contribution in [-0.2, 0) is 4.74 Å². The lowest BCUT2D eigenvalue weighted by Crippen LogP contribution is -2.45. The summed E-state index contributed by atoms with van der Waals surface area (Å²) < 4.78 is 5.68. The molecule has 78 valence electrons. The van der Waals surface area contributed by atoms with E-state index in [0.717, 1.165) is 19.0 Å². The smallest absolute Gasteiger partial charge is 0.0678 e. The molecular weight excluding hydrogens is 162 g/mol. The number of rotatable bonds is 3. The number of ether oxygens (including phenoxy) is 1. The van der Waals surface area contributed by atoms with Crippen molar-refractivity contribution in [3.8, 4) is 0 Å². The molecular formula is C11H23NO. The second-order valence-electron chi connectivity index (χ2n) is 4.70. The van der Waals surface area contributed by atoms with Crippen LogP contribution in [0.3, 0.4) is 0 Å². The fourth-order valence-electron chi connectivity index (χ4n) is 1.91. The minimum absolute atomic E-state index is 0.413. The van der Waals surface area contributed by atoms with Gasteiger partial charge in [0.1, 0.15) is 0 Å². The van der Waals surface area contributed by atoms with Gasteiger partial charge in [0.05, 0.1) is 12.2 Å². The largest absolute Gasteiger partial charge is 0.373 e. The highest BCUT2D eigenvalue weighted by molar-refractivity contribution is 4.73. The maximum absolute atomic E-state index is 5.68. The number of hydrogen-bond acceptors (Lipinski definition) is 2. The molecule has 1 saturated heterocycles. The maximum Gasteiger partial charge on any atom is 0.0678 e. The molecule has 0 radical (unpaired) electrons. The highest BCUT2D eigenvalue weighted by Crippen LogP contribution is 2.12. The van der Waals surface area contributed by atoms with E-state index in [4.69, 9.17) is 4.74 Å². The van der Waals surface area contributed by atoms with E-state index in [2.05, 4.69) is 32.6 Å². The molecule has 1 aliphatic heterocycles. The summed E-state index contributed by atoms with van der Waals surface area (Å²) >= 11 is 0. The molecule has 0 aromatic carbocycles. The Bertz CT molecular complexity index is 137. The standard InChI is InChI=1S/C11H23NO/c1-9(2)5-6-12-7-10(3)13-11(4)8-12/h9-11H,5-8H2,1-4H3/t10-,11-/m0/s1. The zero-order chi connectivity index (χ0) is 9.84. The lowest BCUT2D eigenvalue weighted by Gasteiger charge is -2.35. The van der Waals surface area contributed by atoms with Crippen LogP contribution in [0.25, 0.3) is 0 Å². The van der Waals surface area contributed by atoms with E-state index in [1.165, 1.54) is 13.0 Å². The van der Waals surface area contributed by atoms with E-state index < -0.39 is 0 Å². The van der Waals surface area contributed by atoms with Gasteiger partial charge < -0.3 is 4.74 Å². The lowest BCUT2D eigenvalue weighted by atomic mass is 10.1. The Morgan fingerprint density at radius 1 is 1.23 bits per heavy atom. The Kier molecular flexibility index (Phi) is 4.20. The topological polar surface area (TPSA) is 12.5 Å². The van der Waals surface area contributed by atoms with Crippen molar-refractivity contribution in [3.63, 3.8) is 0 Å². The molecule has 0 amide bonds. The zero-order valence-electron chi connectivity index (χ0n) is 9.42. The second-order valence-corrected chi connectivity index (χ2v) is 4.70. The molecule has 2 nitrogen and oxygen atoms in total. The quantitative estimate of drug-likeness (QED) is 0.668. The highest BCUT2D eigenvalue weighted by atomic mass is 16.5. The number of nitrogens with zero attached hydrogens (tertiary/aromatic N) is 1. The summed E-state index contributed by atoms with van der Waals surface area (Å²) in [4.78, 5) is 2.53. The van der Waals surface area contributed by atoms with Crippen molar-refractivity contribution in [2.24, 2.45) is 5.92 Å². The molecule has 1 aliphatic rings. The van der Waals surface area contributed by atoms with Crippen LogP contribution in [0.15, 0.2) is 0 Å². The van der Waals surface area contributed by atoms with Gasteiger partial charge in [0, 0.05) is 13.1 Å². The molecule has 0 aliphatic carbocycles. The van der Waals surface area contributed by atoms with Crippen molar-refractivity contribution in [1.82, 2.24) is 4.90 Å². The van der Waals surface area contributed by atoms with Crippen LogP contribution in [-0.4, -0.2) is 36.7 Å². The minimum atomic E-state index is 0.413. The molecule has 2 atom stereocenters. The summed E-state index contributed by atoms with van der Waals surface area (Å²) in [5, 5.41) is 0. The summed E-state index contributed by atoms with van der Waals surface area (Å²) in [5.41, 5.74) is 0. The summed E-state index contributed by atoms with van der Waals surface area (Å²) in [7, 11) is 0. The molecule has 1 rings (SSSR count). The van der Waals surface area contributed by atoms with Crippen molar-refractivity contribution in [2.75, 3.05) is 19.6 Å². The molecule has 13 heavy (non-hydrogen) atoms. The van der Waals surface area contributed by atoms with Crippen LogP contribution in [0.1, 0.15) is 34.1 Å². The normalized spacial score (nSPS) is 31.2. The van der Waals surface area contributed by atoms with Crippen LogP contribution < -0.4 is 0 Å². The molecule has 1 fully saturated rings. The Balaban J connectivity index is 2.25. The van der Waals surface area contributed by atoms with Crippen LogP contribution in [0.2, 0.25) is 0 Å². The molecule has 2 heteroatoms. The van der Waals surface area contributed by atoms with E-state index >= 15 is 0 Å². The molecule has 1 heterocycles. The van der Waals surface area contributed by atoms with Crippen LogP contribution >= 0.6 is 0 Å². The van der Waals surface area contributed by atoms with Gasteiger partial charge in [0.15, 0.2) is 0 Å². The molecule has 0 aromatic heterocycles. The average molecular weight is 185 g/mol. The van der Waals surface area contributed by atoms with E-state index in [0.29, 0.717) is 12.2 Å². The predicted molar refractivity (Wildman–Crippen MR) is 55.9 cm³/mol. The third kappa shape index (κ3) is 4.10. The van der Waals surface area contributed by atoms with Gasteiger partial charge >= 0.3 is 0 Å². The zero-order valence-corrected chi connectivity index (χ0v) is 9.42. The Labute approximate surface area is 82.3 Å². The summed E-state index contributed by atoms with van der Waals surface area (Å²) in [5.74, 6) is 0.813. The van der Waals surface area contributed by atoms with E-state index in [-0.39, 0.29) is 0 Å². The monoisotopic (exact) mass is 185 g/mol. The lowest BCUT2D eigenvalue weighted by molar-refractivity contribution is -0.0687. The first-order valence-corrected chi connectivity index (χ1v) is 5.45. The van der Waals surface area contributed by atoms with E-state index in [1.807, 2.05) is 0 Å². The van der Waals surface area contributed by atoms with Gasteiger partial charge in [-0.2, -0.15) is 0 Å². The van der Waals surface area contributed by atoms with Crippen LogP contribution in [0.4, 0.5) is 0 Å². The minimum Gasteiger partial charge on any atom is -0.373 e. The summed E-state index contributed by atoms with van der Waals surface area (Å²) in [6, 6.07) is 0. The van der Waals surface area contributed by atoms with Gasteiger partial charge in [0.2, 0.25) is 0 Å². The maximum atomic E-state index is 5.68. The van der Waals surface area contributed by atoms with Gasteiger partial charge in [-0.15, -0.1) is 0 Å². The van der Waals surface area contributed by atoms with Gasteiger partial charge in [-0.25, -0.2) is 0 Å². The van der Waals surface area contributed by atoms with E-state index in [9.17, 15) is 0 Å². The predicted octanol–water partition coefficient (Wildman–Crippen LogP) is 2.14. The number of hydrogen-bond donors (Lipinski definition) is 0. The first kappa shape index (κ1) is 11.0. The van der Waals surface area contributed by atoms with Gasteiger partial charge in [-0.05, 0) is 32.7 Å². The fraction of sp³-hybridized carbons (Fsp3) is 1.00. The molecule has 0 N–H and O–H groups in total. The molecule has 0 unspecified atom stereocenters. The SMILES string of the molecule is CC(C)CCN1C[C@H](C)O[C@@H](C)C1. The second kappa shape index (κ2) is 4.97. The van der Waals surface area contributed by atoms with Crippen LogP contribution in [0.5, 0.6) is 0 Å². The van der Waals surface area contributed by atoms with Crippen molar-refractivity contribution >= 4 is 0 Å².